The van der Waals surface area contributed by atoms with Gasteiger partial charge in [-0.1, -0.05) is 0 Å². The maximum absolute atomic E-state index is 8.83. The number of nitrogens with zero attached hydrogens (tertiary/aromatic N) is 1. The van der Waals surface area contributed by atoms with Gasteiger partial charge in [0.05, 0.1) is 21.0 Å². The van der Waals surface area contributed by atoms with E-state index in [2.05, 4.69) is 26.1 Å². The summed E-state index contributed by atoms with van der Waals surface area (Å²) in [7, 11) is 0. The molecule has 0 saturated carbocycles. The van der Waals surface area contributed by atoms with Crippen LogP contribution >= 0.6 is 27.3 Å². The lowest BCUT2D eigenvalue weighted by atomic mass is 10.3. The van der Waals surface area contributed by atoms with Crippen molar-refractivity contribution in [3.8, 4) is 10.6 Å². The summed E-state index contributed by atoms with van der Waals surface area (Å²) < 4.78 is 1.08. The van der Waals surface area contributed by atoms with Crippen molar-refractivity contribution >= 4 is 27.3 Å². The maximum atomic E-state index is 8.83. The summed E-state index contributed by atoms with van der Waals surface area (Å²) >= 11 is 5.00. The fourth-order valence-corrected chi connectivity index (χ4v) is 2.37. The van der Waals surface area contributed by atoms with Crippen LogP contribution in [0.4, 0.5) is 0 Å². The average Bonchev–Trinajstić information content (AvgIpc) is 2.71. The predicted molar refractivity (Wildman–Crippen MR) is 55.5 cm³/mol. The summed E-state index contributed by atoms with van der Waals surface area (Å²) in [6.07, 6.45) is 0. The van der Waals surface area contributed by atoms with Gasteiger partial charge in [0, 0.05) is 0 Å². The number of hydrogen-bond acceptors (Lipinski definition) is 3. The van der Waals surface area contributed by atoms with Crippen LogP contribution in [0.1, 0.15) is 5.69 Å². The second-order valence-corrected chi connectivity index (χ2v) is 5.00. The second kappa shape index (κ2) is 3.61. The third-order valence-electron chi connectivity index (χ3n) is 1.63. The van der Waals surface area contributed by atoms with Crippen LogP contribution in [-0.2, 0) is 6.61 Å². The quantitative estimate of drug-likeness (QED) is 0.869. The number of H-pyrrole nitrogens is 1. The van der Waals surface area contributed by atoms with Crippen molar-refractivity contribution in [3.63, 3.8) is 0 Å². The van der Waals surface area contributed by atoms with E-state index in [-0.39, 0.29) is 6.61 Å². The van der Waals surface area contributed by atoms with Gasteiger partial charge >= 0.3 is 0 Å². The largest absolute Gasteiger partial charge is 0.390 e. The summed E-state index contributed by atoms with van der Waals surface area (Å²) in [6, 6.07) is 5.82. The Balaban J connectivity index is 2.35. The Morgan fingerprint density at radius 1 is 1.54 bits per heavy atom. The Labute approximate surface area is 87.6 Å². The topological polar surface area (TPSA) is 48.9 Å². The molecule has 0 aromatic carbocycles. The van der Waals surface area contributed by atoms with Crippen LogP contribution in [0.5, 0.6) is 0 Å². The number of aromatic amines is 1. The zero-order chi connectivity index (χ0) is 9.26. The molecule has 0 spiro atoms. The summed E-state index contributed by atoms with van der Waals surface area (Å²) in [5.74, 6) is 0. The number of rotatable bonds is 2. The molecule has 0 aliphatic rings. The lowest BCUT2D eigenvalue weighted by Gasteiger charge is -1.85. The van der Waals surface area contributed by atoms with Crippen molar-refractivity contribution < 1.29 is 5.11 Å². The van der Waals surface area contributed by atoms with Gasteiger partial charge in [0.25, 0.3) is 0 Å². The van der Waals surface area contributed by atoms with Crippen molar-refractivity contribution in [1.82, 2.24) is 10.2 Å². The van der Waals surface area contributed by atoms with Crippen molar-refractivity contribution in [2.75, 3.05) is 0 Å². The highest BCUT2D eigenvalue weighted by atomic mass is 79.9. The molecule has 0 fully saturated rings. The van der Waals surface area contributed by atoms with Crippen LogP contribution in [0.15, 0.2) is 22.0 Å². The number of aliphatic hydroxyl groups is 1. The molecule has 0 unspecified atom stereocenters. The first-order valence-corrected chi connectivity index (χ1v) is 5.31. The molecule has 5 heteroatoms. The monoisotopic (exact) mass is 258 g/mol. The molecule has 2 aromatic rings. The van der Waals surface area contributed by atoms with E-state index in [0.29, 0.717) is 0 Å². The first-order chi connectivity index (χ1) is 6.29. The van der Waals surface area contributed by atoms with Gasteiger partial charge in [-0.25, -0.2) is 0 Å². The molecule has 0 radical (unpaired) electrons. The fraction of sp³-hybridized carbons (Fsp3) is 0.125. The third-order valence-corrected chi connectivity index (χ3v) is 3.27. The average molecular weight is 259 g/mol. The Bertz CT molecular complexity index is 410. The van der Waals surface area contributed by atoms with Crippen molar-refractivity contribution in [1.29, 1.82) is 0 Å². The molecule has 0 amide bonds. The number of halogens is 1. The summed E-state index contributed by atoms with van der Waals surface area (Å²) in [6.45, 7) is -0.000452. The smallest absolute Gasteiger partial charge is 0.102 e. The molecule has 2 heterocycles. The highest BCUT2D eigenvalue weighted by molar-refractivity contribution is 9.11. The summed E-state index contributed by atoms with van der Waals surface area (Å²) in [5, 5.41) is 15.7. The van der Waals surface area contributed by atoms with E-state index in [4.69, 9.17) is 5.11 Å². The molecule has 0 aliphatic heterocycles. The van der Waals surface area contributed by atoms with Crippen LogP contribution in [-0.4, -0.2) is 15.3 Å². The zero-order valence-corrected chi connectivity index (χ0v) is 9.02. The summed E-state index contributed by atoms with van der Waals surface area (Å²) in [4.78, 5) is 1.09. The van der Waals surface area contributed by atoms with Crippen LogP contribution in [0, 0.1) is 0 Å². The van der Waals surface area contributed by atoms with Gasteiger partial charge in [-0.15, -0.1) is 11.3 Å². The standard InChI is InChI=1S/C8H7BrN2OS/c9-8-2-1-7(13-8)6-3-5(4-12)10-11-6/h1-3,12H,4H2,(H,10,11). The summed E-state index contributed by atoms with van der Waals surface area (Å²) in [5.41, 5.74) is 1.61. The molecule has 3 nitrogen and oxygen atoms in total. The molecule has 2 rings (SSSR count). The second-order valence-electron chi connectivity index (χ2n) is 2.54. The number of nitrogens with one attached hydrogen (secondary N) is 1. The van der Waals surface area contributed by atoms with Gasteiger partial charge in [-0.05, 0) is 34.1 Å². The lowest BCUT2D eigenvalue weighted by molar-refractivity contribution is 0.276. The lowest BCUT2D eigenvalue weighted by Crippen LogP contribution is -1.79. The van der Waals surface area contributed by atoms with Gasteiger partial charge in [-0.2, -0.15) is 5.10 Å². The van der Waals surface area contributed by atoms with Crippen LogP contribution in [0.3, 0.4) is 0 Å². The molecule has 13 heavy (non-hydrogen) atoms. The van der Waals surface area contributed by atoms with Crippen LogP contribution < -0.4 is 0 Å². The third kappa shape index (κ3) is 1.82. The van der Waals surface area contributed by atoms with Gasteiger partial charge < -0.3 is 5.11 Å². The Morgan fingerprint density at radius 2 is 2.38 bits per heavy atom. The molecule has 2 N–H and O–H groups in total. The molecular weight excluding hydrogens is 252 g/mol. The van der Waals surface area contributed by atoms with Crippen molar-refractivity contribution in [2.45, 2.75) is 6.61 Å². The predicted octanol–water partition coefficient (Wildman–Crippen LogP) is 2.39. The molecular formula is C8H7BrN2OS. The zero-order valence-electron chi connectivity index (χ0n) is 6.62. The van der Waals surface area contributed by atoms with E-state index in [0.717, 1.165) is 20.1 Å². The SMILES string of the molecule is OCc1cc(-c2ccc(Br)s2)n[nH]1. The van der Waals surface area contributed by atoms with Crippen molar-refractivity contribution in [3.05, 3.63) is 27.7 Å². The van der Waals surface area contributed by atoms with Crippen LogP contribution in [0.25, 0.3) is 10.6 Å². The minimum absolute atomic E-state index is 0.000452. The van der Waals surface area contributed by atoms with Gasteiger partial charge in [0.15, 0.2) is 0 Å². The minimum Gasteiger partial charge on any atom is -0.390 e. The Kier molecular flexibility index (Phi) is 2.48. The normalized spacial score (nSPS) is 10.6. The van der Waals surface area contributed by atoms with Gasteiger partial charge in [-0.3, -0.25) is 5.10 Å². The Hall–Kier alpha value is -0.650. The highest BCUT2D eigenvalue weighted by Crippen LogP contribution is 2.30. The van der Waals surface area contributed by atoms with E-state index >= 15 is 0 Å². The van der Waals surface area contributed by atoms with E-state index in [1.54, 1.807) is 11.3 Å². The molecule has 0 saturated heterocycles. The molecule has 2 aromatic heterocycles. The van der Waals surface area contributed by atoms with Gasteiger partial charge in [0.2, 0.25) is 0 Å². The number of thiophene rings is 1. The molecule has 68 valence electrons. The first kappa shape index (κ1) is 8.93. The van der Waals surface area contributed by atoms with Crippen molar-refractivity contribution in [2.24, 2.45) is 0 Å². The minimum atomic E-state index is -0.000452. The van der Waals surface area contributed by atoms with Gasteiger partial charge in [0.1, 0.15) is 5.69 Å². The molecule has 0 aliphatic carbocycles. The maximum Gasteiger partial charge on any atom is 0.102 e. The number of aromatic nitrogens is 2. The van der Waals surface area contributed by atoms with E-state index < -0.39 is 0 Å². The molecule has 0 atom stereocenters. The van der Waals surface area contributed by atoms with E-state index in [9.17, 15) is 0 Å². The van der Waals surface area contributed by atoms with Crippen LogP contribution in [0.2, 0.25) is 0 Å². The number of aliphatic hydroxyl groups excluding tert-OH is 1. The van der Waals surface area contributed by atoms with E-state index in [1.807, 2.05) is 18.2 Å². The fourth-order valence-electron chi connectivity index (χ4n) is 1.02. The first-order valence-electron chi connectivity index (χ1n) is 3.70. The van der Waals surface area contributed by atoms with E-state index in [1.165, 1.54) is 0 Å². The number of hydrogen-bond donors (Lipinski definition) is 2. The Morgan fingerprint density at radius 3 is 2.92 bits per heavy atom. The highest BCUT2D eigenvalue weighted by Gasteiger charge is 2.05. The molecule has 0 bridgehead atoms.